The molecule has 4 rings (SSSR count). The summed E-state index contributed by atoms with van der Waals surface area (Å²) in [6.07, 6.45) is 4.65. The molecule has 6 nitrogen and oxygen atoms in total. The van der Waals surface area contributed by atoms with Crippen LogP contribution in [0.15, 0.2) is 47.4 Å². The average Bonchev–Trinajstić information content (AvgIpc) is 3.06. The van der Waals surface area contributed by atoms with Gasteiger partial charge in [-0.25, -0.2) is 9.78 Å². The Morgan fingerprint density at radius 1 is 1.26 bits per heavy atom. The van der Waals surface area contributed by atoms with Crippen molar-refractivity contribution < 1.29 is 14.6 Å². The molecule has 1 aliphatic rings. The molecule has 0 radical (unpaired) electrons. The Bertz CT molecular complexity index is 1140. The number of carboxylic acid groups (broad SMARTS) is 1. The van der Waals surface area contributed by atoms with E-state index in [4.69, 9.17) is 9.84 Å². The van der Waals surface area contributed by atoms with Gasteiger partial charge in [0.1, 0.15) is 11.4 Å². The van der Waals surface area contributed by atoms with Crippen LogP contribution in [0, 0.1) is 0 Å². The lowest BCUT2D eigenvalue weighted by molar-refractivity contribution is 0.0696. The zero-order valence-electron chi connectivity index (χ0n) is 14.8. The third kappa shape index (κ3) is 2.99. The smallest absolute Gasteiger partial charge is 0.337 e. The lowest BCUT2D eigenvalue weighted by Gasteiger charge is -2.09. The second-order valence-electron chi connectivity index (χ2n) is 6.34. The Labute approximate surface area is 155 Å². The van der Waals surface area contributed by atoms with E-state index in [0.717, 1.165) is 16.9 Å². The van der Waals surface area contributed by atoms with Crippen LogP contribution in [-0.4, -0.2) is 27.1 Å². The highest BCUT2D eigenvalue weighted by Gasteiger charge is 2.23. The van der Waals surface area contributed by atoms with E-state index in [1.165, 1.54) is 16.7 Å². The molecule has 0 bridgehead atoms. The molecule has 136 valence electrons. The number of hydrogen-bond acceptors (Lipinski definition) is 4. The maximum atomic E-state index is 12.8. The number of rotatable bonds is 4. The minimum atomic E-state index is -1.07. The molecule has 0 fully saturated rings. The van der Waals surface area contributed by atoms with Crippen LogP contribution in [0.5, 0.6) is 5.75 Å². The first-order chi connectivity index (χ1) is 13.1. The number of aromatic carboxylic acids is 1. The van der Waals surface area contributed by atoms with E-state index in [-0.39, 0.29) is 11.1 Å². The maximum absolute atomic E-state index is 12.8. The van der Waals surface area contributed by atoms with Crippen molar-refractivity contribution in [2.75, 3.05) is 6.61 Å². The van der Waals surface area contributed by atoms with E-state index in [1.807, 2.05) is 37.3 Å². The second-order valence-corrected chi connectivity index (χ2v) is 6.34. The summed E-state index contributed by atoms with van der Waals surface area (Å²) in [5, 5.41) is 9.15. The van der Waals surface area contributed by atoms with Gasteiger partial charge in [0.25, 0.3) is 5.56 Å². The highest BCUT2D eigenvalue weighted by atomic mass is 16.5. The predicted molar refractivity (Wildman–Crippen MR) is 102 cm³/mol. The van der Waals surface area contributed by atoms with E-state index in [9.17, 15) is 9.59 Å². The SMILES string of the molecule is CCOc1ccccc1/C=C1\CCc2c1nc1ccc(C(=O)O)cn1c2=O. The molecule has 6 heteroatoms. The van der Waals surface area contributed by atoms with Crippen LogP contribution in [0.1, 0.15) is 40.5 Å². The molecular formula is C21H18N2O4. The fourth-order valence-electron chi connectivity index (χ4n) is 3.39. The molecule has 2 heterocycles. The van der Waals surface area contributed by atoms with E-state index in [2.05, 4.69) is 4.98 Å². The highest BCUT2D eigenvalue weighted by molar-refractivity contribution is 5.88. The zero-order valence-corrected chi connectivity index (χ0v) is 14.8. The van der Waals surface area contributed by atoms with Gasteiger partial charge < -0.3 is 9.84 Å². The third-order valence-corrected chi connectivity index (χ3v) is 4.66. The van der Waals surface area contributed by atoms with E-state index < -0.39 is 5.97 Å². The van der Waals surface area contributed by atoms with Gasteiger partial charge in [0.15, 0.2) is 0 Å². The number of benzene rings is 1. The van der Waals surface area contributed by atoms with E-state index in [1.54, 1.807) is 6.07 Å². The van der Waals surface area contributed by atoms with Crippen molar-refractivity contribution in [2.45, 2.75) is 19.8 Å². The molecule has 3 aromatic rings. The monoisotopic (exact) mass is 362 g/mol. The Kier molecular flexibility index (Phi) is 4.24. The molecule has 0 unspecified atom stereocenters. The topological polar surface area (TPSA) is 80.9 Å². The van der Waals surface area contributed by atoms with Crippen molar-refractivity contribution in [1.29, 1.82) is 0 Å². The van der Waals surface area contributed by atoms with Crippen LogP contribution in [-0.2, 0) is 6.42 Å². The van der Waals surface area contributed by atoms with Crippen molar-refractivity contribution >= 4 is 23.3 Å². The molecule has 0 saturated carbocycles. The number of para-hydroxylation sites is 1. The number of allylic oxidation sites excluding steroid dienone is 1. The van der Waals surface area contributed by atoms with Gasteiger partial charge in [-0.2, -0.15) is 0 Å². The lowest BCUT2D eigenvalue weighted by atomic mass is 10.1. The molecule has 1 N–H and O–H groups in total. The van der Waals surface area contributed by atoms with E-state index in [0.29, 0.717) is 36.4 Å². The summed E-state index contributed by atoms with van der Waals surface area (Å²) >= 11 is 0. The van der Waals surface area contributed by atoms with Gasteiger partial charge in [-0.3, -0.25) is 9.20 Å². The first-order valence-corrected chi connectivity index (χ1v) is 8.80. The molecule has 1 aromatic carbocycles. The van der Waals surface area contributed by atoms with Crippen LogP contribution in [0.25, 0.3) is 17.3 Å². The molecule has 0 atom stereocenters. The molecule has 0 saturated heterocycles. The summed E-state index contributed by atoms with van der Waals surface area (Å²) in [7, 11) is 0. The van der Waals surface area contributed by atoms with Gasteiger partial charge in [0, 0.05) is 17.3 Å². The van der Waals surface area contributed by atoms with Crippen LogP contribution >= 0.6 is 0 Å². The van der Waals surface area contributed by atoms with Crippen LogP contribution in [0.4, 0.5) is 0 Å². The van der Waals surface area contributed by atoms with Gasteiger partial charge in [0.05, 0.1) is 17.9 Å². The minimum Gasteiger partial charge on any atom is -0.493 e. The van der Waals surface area contributed by atoms with Gasteiger partial charge in [-0.1, -0.05) is 18.2 Å². The van der Waals surface area contributed by atoms with Crippen molar-refractivity contribution in [3.05, 3.63) is 75.3 Å². The number of hydrogen-bond donors (Lipinski definition) is 1. The quantitative estimate of drug-likeness (QED) is 0.770. The number of carbonyl (C=O) groups is 1. The van der Waals surface area contributed by atoms with Gasteiger partial charge in [-0.15, -0.1) is 0 Å². The number of fused-ring (bicyclic) bond motifs is 2. The Hall–Kier alpha value is -3.41. The van der Waals surface area contributed by atoms with Crippen molar-refractivity contribution in [2.24, 2.45) is 0 Å². The summed E-state index contributed by atoms with van der Waals surface area (Å²) < 4.78 is 7.00. The van der Waals surface area contributed by atoms with Crippen molar-refractivity contribution in [3.8, 4) is 5.75 Å². The van der Waals surface area contributed by atoms with Gasteiger partial charge in [-0.05, 0) is 49.6 Å². The third-order valence-electron chi connectivity index (χ3n) is 4.66. The number of aromatic nitrogens is 2. The Balaban J connectivity index is 1.85. The Morgan fingerprint density at radius 3 is 2.85 bits per heavy atom. The van der Waals surface area contributed by atoms with Crippen molar-refractivity contribution in [3.63, 3.8) is 0 Å². The van der Waals surface area contributed by atoms with Crippen LogP contribution in [0.2, 0.25) is 0 Å². The van der Waals surface area contributed by atoms with Crippen LogP contribution in [0.3, 0.4) is 0 Å². The normalized spacial score (nSPS) is 14.5. The molecule has 0 spiro atoms. The molecule has 27 heavy (non-hydrogen) atoms. The largest absolute Gasteiger partial charge is 0.493 e. The molecule has 2 aromatic heterocycles. The first kappa shape index (κ1) is 17.0. The fourth-order valence-corrected chi connectivity index (χ4v) is 3.39. The van der Waals surface area contributed by atoms with Crippen LogP contribution < -0.4 is 10.3 Å². The molecule has 1 aliphatic carbocycles. The van der Waals surface area contributed by atoms with Gasteiger partial charge >= 0.3 is 5.97 Å². The minimum absolute atomic E-state index is 0.0609. The summed E-state index contributed by atoms with van der Waals surface area (Å²) in [6, 6.07) is 10.8. The number of nitrogens with zero attached hydrogens (tertiary/aromatic N) is 2. The fraction of sp³-hybridized carbons (Fsp3) is 0.190. The molecule has 0 amide bonds. The predicted octanol–water partition coefficient (Wildman–Crippen LogP) is 3.28. The van der Waals surface area contributed by atoms with E-state index >= 15 is 0 Å². The number of ether oxygens (including phenoxy) is 1. The Morgan fingerprint density at radius 2 is 2.07 bits per heavy atom. The highest BCUT2D eigenvalue weighted by Crippen LogP contribution is 2.32. The summed E-state index contributed by atoms with van der Waals surface area (Å²) in [5.74, 6) is -0.276. The summed E-state index contributed by atoms with van der Waals surface area (Å²) in [6.45, 7) is 2.52. The zero-order chi connectivity index (χ0) is 19.0. The summed E-state index contributed by atoms with van der Waals surface area (Å²) in [4.78, 5) is 28.6. The molecule has 0 aliphatic heterocycles. The first-order valence-electron chi connectivity index (χ1n) is 8.80. The standard InChI is InChI=1S/C21H18N2O4/c1-2-27-17-6-4-3-5-13(17)11-14-7-9-16-19(14)22-18-10-8-15(21(25)26)12-23(18)20(16)24/h3-6,8,10-12H,2,7,9H2,1H3,(H,25,26)/b14-11+. The molecular weight excluding hydrogens is 344 g/mol. The number of pyridine rings is 1. The van der Waals surface area contributed by atoms with Crippen molar-refractivity contribution in [1.82, 2.24) is 9.38 Å². The second kappa shape index (κ2) is 6.72. The van der Waals surface area contributed by atoms with Gasteiger partial charge in [0.2, 0.25) is 0 Å². The maximum Gasteiger partial charge on any atom is 0.337 e. The average molecular weight is 362 g/mol. The lowest BCUT2D eigenvalue weighted by Crippen LogP contribution is -2.20. The number of carboxylic acids is 1. The summed E-state index contributed by atoms with van der Waals surface area (Å²) in [5.41, 5.74) is 3.54.